The van der Waals surface area contributed by atoms with E-state index in [1.165, 1.54) is 28.2 Å². The minimum absolute atomic E-state index is 0.196. The molecular formula is C13H19NS2. The van der Waals surface area contributed by atoms with Crippen molar-refractivity contribution < 1.29 is 0 Å². The fourth-order valence-electron chi connectivity index (χ4n) is 2.32. The lowest BCUT2D eigenvalue weighted by atomic mass is 9.91. The summed E-state index contributed by atoms with van der Waals surface area (Å²) in [7, 11) is 0. The van der Waals surface area contributed by atoms with Crippen LogP contribution in [0.1, 0.15) is 25.3 Å². The van der Waals surface area contributed by atoms with Gasteiger partial charge in [0.2, 0.25) is 0 Å². The van der Waals surface area contributed by atoms with E-state index in [0.717, 1.165) is 6.54 Å². The number of hydrogen-bond donors (Lipinski definition) is 1. The average Bonchev–Trinajstić information content (AvgIpc) is 2.76. The lowest BCUT2D eigenvalue weighted by molar-refractivity contribution is 0.433. The first-order valence-corrected chi connectivity index (χ1v) is 8.12. The molecule has 1 heterocycles. The minimum Gasteiger partial charge on any atom is -0.308 e. The van der Waals surface area contributed by atoms with Crippen molar-refractivity contribution in [2.24, 2.45) is 0 Å². The second-order valence-electron chi connectivity index (χ2n) is 4.43. The summed E-state index contributed by atoms with van der Waals surface area (Å²) in [5.74, 6) is 0. The molecule has 1 nitrogen and oxygen atoms in total. The molecule has 0 spiro atoms. The van der Waals surface area contributed by atoms with Gasteiger partial charge in [0.1, 0.15) is 0 Å². The third-order valence-corrected chi connectivity index (χ3v) is 5.09. The van der Waals surface area contributed by atoms with Crippen molar-refractivity contribution in [2.75, 3.05) is 19.1 Å². The van der Waals surface area contributed by atoms with Gasteiger partial charge in [-0.15, -0.1) is 23.5 Å². The smallest absolute Gasteiger partial charge is 0.0406 e. The van der Waals surface area contributed by atoms with Gasteiger partial charge in [0.25, 0.3) is 0 Å². The number of rotatable bonds is 3. The Kier molecular flexibility index (Phi) is 3.88. The molecule has 1 unspecified atom stereocenters. The topological polar surface area (TPSA) is 12.0 Å². The van der Waals surface area contributed by atoms with Gasteiger partial charge in [0, 0.05) is 15.3 Å². The monoisotopic (exact) mass is 253 g/mol. The molecule has 16 heavy (non-hydrogen) atoms. The van der Waals surface area contributed by atoms with E-state index in [9.17, 15) is 0 Å². The Balaban J connectivity index is 2.35. The molecular weight excluding hydrogens is 234 g/mol. The minimum atomic E-state index is 0.196. The second kappa shape index (κ2) is 5.03. The van der Waals surface area contributed by atoms with Gasteiger partial charge in [-0.2, -0.15) is 0 Å². The summed E-state index contributed by atoms with van der Waals surface area (Å²) in [6.45, 7) is 3.47. The van der Waals surface area contributed by atoms with Crippen LogP contribution in [0.5, 0.6) is 0 Å². The van der Waals surface area contributed by atoms with Crippen LogP contribution >= 0.6 is 23.5 Å². The summed E-state index contributed by atoms with van der Waals surface area (Å²) in [5, 5.41) is 3.62. The first-order chi connectivity index (χ1) is 7.69. The quantitative estimate of drug-likeness (QED) is 0.824. The molecule has 1 aromatic carbocycles. The SMILES string of the molecule is CSc1ccc(C2(C)CCCN2)cc1SC. The van der Waals surface area contributed by atoms with Crippen molar-refractivity contribution in [3.05, 3.63) is 23.8 Å². The van der Waals surface area contributed by atoms with E-state index in [2.05, 4.69) is 43.0 Å². The second-order valence-corrected chi connectivity index (χ2v) is 6.13. The summed E-state index contributed by atoms with van der Waals surface area (Å²) >= 11 is 3.67. The van der Waals surface area contributed by atoms with E-state index in [-0.39, 0.29) is 5.54 Å². The van der Waals surface area contributed by atoms with Crippen molar-refractivity contribution in [3.63, 3.8) is 0 Å². The van der Waals surface area contributed by atoms with Gasteiger partial charge in [0.15, 0.2) is 0 Å². The Morgan fingerprint density at radius 3 is 2.50 bits per heavy atom. The summed E-state index contributed by atoms with van der Waals surface area (Å²) in [6.07, 6.45) is 6.84. The van der Waals surface area contributed by atoms with Crippen LogP contribution < -0.4 is 5.32 Å². The largest absolute Gasteiger partial charge is 0.308 e. The molecule has 0 aliphatic carbocycles. The molecule has 1 saturated heterocycles. The molecule has 88 valence electrons. The standard InChI is InChI=1S/C13H19NS2/c1-13(7-4-8-14-13)10-5-6-11(15-2)12(9-10)16-3/h5-6,9,14H,4,7-8H2,1-3H3. The summed E-state index contributed by atoms with van der Waals surface area (Å²) in [5.41, 5.74) is 1.63. The molecule has 3 heteroatoms. The maximum absolute atomic E-state index is 3.62. The Morgan fingerprint density at radius 2 is 1.94 bits per heavy atom. The first kappa shape index (κ1) is 12.3. The summed E-state index contributed by atoms with van der Waals surface area (Å²) < 4.78 is 0. The van der Waals surface area contributed by atoms with E-state index in [1.807, 2.05) is 23.5 Å². The highest BCUT2D eigenvalue weighted by atomic mass is 32.2. The number of benzene rings is 1. The van der Waals surface area contributed by atoms with Gasteiger partial charge in [-0.25, -0.2) is 0 Å². The predicted molar refractivity (Wildman–Crippen MR) is 74.6 cm³/mol. The van der Waals surface area contributed by atoms with Gasteiger partial charge in [-0.3, -0.25) is 0 Å². The van der Waals surface area contributed by atoms with E-state index >= 15 is 0 Å². The first-order valence-electron chi connectivity index (χ1n) is 5.67. The Bertz CT molecular complexity index is 370. The van der Waals surface area contributed by atoms with Gasteiger partial charge in [-0.1, -0.05) is 6.07 Å². The van der Waals surface area contributed by atoms with E-state index in [4.69, 9.17) is 0 Å². The fourth-order valence-corrected chi connectivity index (χ4v) is 3.80. The van der Waals surface area contributed by atoms with Crippen molar-refractivity contribution in [1.82, 2.24) is 5.32 Å². The molecule has 1 aliphatic rings. The molecule has 1 aromatic rings. The van der Waals surface area contributed by atoms with Crippen LogP contribution in [-0.2, 0) is 5.54 Å². The van der Waals surface area contributed by atoms with Crippen LogP contribution in [0.3, 0.4) is 0 Å². The molecule has 0 radical (unpaired) electrons. The molecule has 0 bridgehead atoms. The van der Waals surface area contributed by atoms with Gasteiger partial charge < -0.3 is 5.32 Å². The van der Waals surface area contributed by atoms with Gasteiger partial charge >= 0.3 is 0 Å². The van der Waals surface area contributed by atoms with Gasteiger partial charge in [-0.05, 0) is 56.5 Å². The molecule has 2 rings (SSSR count). The fraction of sp³-hybridized carbons (Fsp3) is 0.538. The zero-order valence-corrected chi connectivity index (χ0v) is 11.8. The van der Waals surface area contributed by atoms with E-state index in [1.54, 1.807) is 0 Å². The van der Waals surface area contributed by atoms with Crippen LogP contribution in [0.4, 0.5) is 0 Å². The Labute approximate surface area is 107 Å². The Morgan fingerprint density at radius 1 is 1.19 bits per heavy atom. The molecule has 1 aliphatic heterocycles. The molecule has 1 fully saturated rings. The molecule has 0 saturated carbocycles. The van der Waals surface area contributed by atoms with Gasteiger partial charge in [0.05, 0.1) is 0 Å². The third-order valence-electron chi connectivity index (χ3n) is 3.39. The predicted octanol–water partition coefficient (Wildman–Crippen LogP) is 3.73. The number of thioether (sulfide) groups is 2. The molecule has 1 atom stereocenters. The summed E-state index contributed by atoms with van der Waals surface area (Å²) in [6, 6.07) is 6.90. The maximum Gasteiger partial charge on any atom is 0.0406 e. The number of hydrogen-bond acceptors (Lipinski definition) is 3. The molecule has 0 aromatic heterocycles. The maximum atomic E-state index is 3.62. The van der Waals surface area contributed by atoms with Crippen LogP contribution in [0.2, 0.25) is 0 Å². The summed E-state index contributed by atoms with van der Waals surface area (Å²) in [4.78, 5) is 2.79. The van der Waals surface area contributed by atoms with Crippen molar-refractivity contribution in [2.45, 2.75) is 35.1 Å². The zero-order valence-electron chi connectivity index (χ0n) is 10.2. The lowest BCUT2D eigenvalue weighted by Gasteiger charge is -2.26. The van der Waals surface area contributed by atoms with Crippen LogP contribution in [0.15, 0.2) is 28.0 Å². The van der Waals surface area contributed by atoms with Crippen molar-refractivity contribution in [1.29, 1.82) is 0 Å². The zero-order chi connectivity index (χ0) is 11.6. The van der Waals surface area contributed by atoms with Crippen molar-refractivity contribution >= 4 is 23.5 Å². The van der Waals surface area contributed by atoms with Crippen LogP contribution in [0, 0.1) is 0 Å². The highest BCUT2D eigenvalue weighted by Crippen LogP contribution is 2.35. The Hall–Kier alpha value is -0.120. The molecule has 0 amide bonds. The third kappa shape index (κ3) is 2.27. The normalized spacial score (nSPS) is 24.9. The van der Waals surface area contributed by atoms with Crippen LogP contribution in [-0.4, -0.2) is 19.1 Å². The highest BCUT2D eigenvalue weighted by Gasteiger charge is 2.30. The highest BCUT2D eigenvalue weighted by molar-refractivity contribution is 8.01. The van der Waals surface area contributed by atoms with E-state index in [0.29, 0.717) is 0 Å². The number of nitrogens with one attached hydrogen (secondary N) is 1. The van der Waals surface area contributed by atoms with E-state index < -0.39 is 0 Å². The van der Waals surface area contributed by atoms with Crippen molar-refractivity contribution in [3.8, 4) is 0 Å². The lowest BCUT2D eigenvalue weighted by Crippen LogP contribution is -2.33. The molecule has 1 N–H and O–H groups in total. The van der Waals surface area contributed by atoms with Crippen LogP contribution in [0.25, 0.3) is 0 Å². The average molecular weight is 253 g/mol.